The van der Waals surface area contributed by atoms with Crippen LogP contribution in [0.3, 0.4) is 0 Å². The molecule has 2 atom stereocenters. The van der Waals surface area contributed by atoms with Crippen LogP contribution in [0.5, 0.6) is 0 Å². The summed E-state index contributed by atoms with van der Waals surface area (Å²) in [6.45, 7) is 7.01. The summed E-state index contributed by atoms with van der Waals surface area (Å²) in [6, 6.07) is 0. The smallest absolute Gasteiger partial charge is 0.144 e. The summed E-state index contributed by atoms with van der Waals surface area (Å²) in [4.78, 5) is 11.4. The highest BCUT2D eigenvalue weighted by atomic mass is 19.1. The van der Waals surface area contributed by atoms with Crippen molar-refractivity contribution in [2.24, 2.45) is 11.3 Å². The lowest BCUT2D eigenvalue weighted by Gasteiger charge is -2.16. The zero-order valence-corrected chi connectivity index (χ0v) is 7.57. The third-order valence-corrected chi connectivity index (χ3v) is 2.23. The molecule has 0 amide bonds. The summed E-state index contributed by atoms with van der Waals surface area (Å²) in [5.41, 5.74) is -1.58. The largest absolute Gasteiger partial charge is 0.299 e. The Balaban J connectivity index is 2.60. The van der Waals surface area contributed by atoms with Crippen LogP contribution in [-0.4, -0.2) is 11.5 Å². The molecule has 1 nitrogen and oxygen atoms in total. The van der Waals surface area contributed by atoms with Crippen molar-refractivity contribution in [3.63, 3.8) is 0 Å². The van der Waals surface area contributed by atoms with Gasteiger partial charge in [0.05, 0.1) is 5.92 Å². The summed E-state index contributed by atoms with van der Waals surface area (Å²) >= 11 is 0. The molecule has 1 fully saturated rings. The van der Waals surface area contributed by atoms with Crippen LogP contribution < -0.4 is 0 Å². The highest BCUT2D eigenvalue weighted by Crippen LogP contribution is 2.50. The molecule has 1 rings (SSSR count). The van der Waals surface area contributed by atoms with Crippen LogP contribution in [0.25, 0.3) is 0 Å². The Morgan fingerprint density at radius 2 is 1.91 bits per heavy atom. The normalized spacial score (nSPS) is 37.0. The molecular weight excluding hydrogens is 143 g/mol. The van der Waals surface area contributed by atoms with Gasteiger partial charge in [-0.1, -0.05) is 20.8 Å². The molecule has 2 heteroatoms. The van der Waals surface area contributed by atoms with Crippen LogP contribution in [0.2, 0.25) is 0 Å². The van der Waals surface area contributed by atoms with Gasteiger partial charge >= 0.3 is 0 Å². The molecule has 2 unspecified atom stereocenters. The van der Waals surface area contributed by atoms with Gasteiger partial charge in [0.1, 0.15) is 11.5 Å². The fourth-order valence-corrected chi connectivity index (χ4v) is 1.23. The number of alkyl halides is 1. The van der Waals surface area contributed by atoms with E-state index in [9.17, 15) is 9.18 Å². The molecule has 11 heavy (non-hydrogen) atoms. The number of halogens is 1. The minimum Gasteiger partial charge on any atom is -0.299 e. The van der Waals surface area contributed by atoms with E-state index >= 15 is 0 Å². The van der Waals surface area contributed by atoms with E-state index in [2.05, 4.69) is 0 Å². The van der Waals surface area contributed by atoms with Gasteiger partial charge < -0.3 is 0 Å². The van der Waals surface area contributed by atoms with Gasteiger partial charge in [-0.25, -0.2) is 4.39 Å². The second kappa shape index (κ2) is 2.05. The van der Waals surface area contributed by atoms with Crippen molar-refractivity contribution in [3.8, 4) is 0 Å². The SMILES string of the molecule is CC(C)(C)C(=O)C1CC1(C)F. The second-order valence-corrected chi connectivity index (χ2v) is 4.65. The predicted octanol–water partition coefficient (Wildman–Crippen LogP) is 2.35. The lowest BCUT2D eigenvalue weighted by Crippen LogP contribution is -2.24. The fourth-order valence-electron chi connectivity index (χ4n) is 1.23. The van der Waals surface area contributed by atoms with Crippen molar-refractivity contribution >= 4 is 5.78 Å². The Hall–Kier alpha value is -0.400. The van der Waals surface area contributed by atoms with Gasteiger partial charge in [-0.05, 0) is 13.3 Å². The number of carbonyl (C=O) groups is 1. The molecule has 0 aliphatic heterocycles. The molecule has 0 aromatic rings. The van der Waals surface area contributed by atoms with Gasteiger partial charge in [0.15, 0.2) is 0 Å². The molecule has 0 aromatic heterocycles. The van der Waals surface area contributed by atoms with Crippen molar-refractivity contribution in [1.29, 1.82) is 0 Å². The minimum absolute atomic E-state index is 0.0579. The number of carbonyl (C=O) groups excluding carboxylic acids is 1. The van der Waals surface area contributed by atoms with Crippen LogP contribution in [0.15, 0.2) is 0 Å². The van der Waals surface area contributed by atoms with Crippen molar-refractivity contribution in [2.45, 2.75) is 39.8 Å². The molecule has 1 aliphatic rings. The van der Waals surface area contributed by atoms with E-state index in [1.165, 1.54) is 6.92 Å². The van der Waals surface area contributed by atoms with Crippen molar-refractivity contribution in [1.82, 2.24) is 0 Å². The summed E-state index contributed by atoms with van der Waals surface area (Å²) in [7, 11) is 0. The monoisotopic (exact) mass is 158 g/mol. The third kappa shape index (κ3) is 1.60. The van der Waals surface area contributed by atoms with Crippen LogP contribution in [0.4, 0.5) is 4.39 Å². The highest BCUT2D eigenvalue weighted by molar-refractivity contribution is 5.89. The van der Waals surface area contributed by atoms with E-state index in [0.717, 1.165) is 0 Å². The maximum Gasteiger partial charge on any atom is 0.144 e. The maximum atomic E-state index is 13.0. The number of ketones is 1. The van der Waals surface area contributed by atoms with Crippen LogP contribution in [0, 0.1) is 11.3 Å². The van der Waals surface area contributed by atoms with E-state index in [1.54, 1.807) is 0 Å². The van der Waals surface area contributed by atoms with Gasteiger partial charge in [-0.2, -0.15) is 0 Å². The van der Waals surface area contributed by atoms with Crippen LogP contribution >= 0.6 is 0 Å². The molecule has 0 N–H and O–H groups in total. The van der Waals surface area contributed by atoms with Gasteiger partial charge in [0, 0.05) is 5.41 Å². The molecule has 0 saturated heterocycles. The Morgan fingerprint density at radius 3 is 2.00 bits per heavy atom. The Labute approximate surface area is 67.0 Å². The number of hydrogen-bond acceptors (Lipinski definition) is 1. The number of hydrogen-bond donors (Lipinski definition) is 0. The molecule has 0 bridgehead atoms. The molecule has 64 valence electrons. The first-order valence-electron chi connectivity index (χ1n) is 3.98. The zero-order valence-electron chi connectivity index (χ0n) is 7.57. The Bertz CT molecular complexity index is 188. The summed E-state index contributed by atoms with van der Waals surface area (Å²) in [5.74, 6) is -0.273. The first kappa shape index (κ1) is 8.69. The highest BCUT2D eigenvalue weighted by Gasteiger charge is 2.57. The standard InChI is InChI=1S/C9H15FO/c1-8(2,3)7(11)6-5-9(6,4)10/h6H,5H2,1-4H3. The first-order chi connectivity index (χ1) is 4.75. The molecular formula is C9H15FO. The van der Waals surface area contributed by atoms with E-state index in [0.29, 0.717) is 6.42 Å². The molecule has 1 aliphatic carbocycles. The lowest BCUT2D eigenvalue weighted by molar-refractivity contribution is -0.128. The Kier molecular flexibility index (Phi) is 1.62. The zero-order chi connectivity index (χ0) is 8.86. The van der Waals surface area contributed by atoms with E-state index in [-0.39, 0.29) is 17.1 Å². The van der Waals surface area contributed by atoms with E-state index < -0.39 is 5.67 Å². The van der Waals surface area contributed by atoms with Crippen molar-refractivity contribution < 1.29 is 9.18 Å². The molecule has 1 saturated carbocycles. The number of rotatable bonds is 1. The Morgan fingerprint density at radius 1 is 1.55 bits per heavy atom. The van der Waals surface area contributed by atoms with Gasteiger partial charge in [-0.3, -0.25) is 4.79 Å². The third-order valence-electron chi connectivity index (χ3n) is 2.23. The second-order valence-electron chi connectivity index (χ2n) is 4.65. The van der Waals surface area contributed by atoms with Gasteiger partial charge in [-0.15, -0.1) is 0 Å². The summed E-state index contributed by atoms with van der Waals surface area (Å²) in [6.07, 6.45) is 0.420. The van der Waals surface area contributed by atoms with Crippen molar-refractivity contribution in [3.05, 3.63) is 0 Å². The molecule has 0 aromatic carbocycles. The van der Waals surface area contributed by atoms with Gasteiger partial charge in [0.2, 0.25) is 0 Å². The summed E-state index contributed by atoms with van der Waals surface area (Å²) in [5, 5.41) is 0. The molecule has 0 heterocycles. The average molecular weight is 158 g/mol. The fraction of sp³-hybridized carbons (Fsp3) is 0.889. The van der Waals surface area contributed by atoms with Crippen LogP contribution in [0.1, 0.15) is 34.1 Å². The quantitative estimate of drug-likeness (QED) is 0.572. The topological polar surface area (TPSA) is 17.1 Å². The summed E-state index contributed by atoms with van der Waals surface area (Å²) < 4.78 is 13.0. The van der Waals surface area contributed by atoms with Crippen molar-refractivity contribution in [2.75, 3.05) is 0 Å². The molecule has 0 radical (unpaired) electrons. The van der Waals surface area contributed by atoms with E-state index in [1.807, 2.05) is 20.8 Å². The maximum absolute atomic E-state index is 13.0. The average Bonchev–Trinajstić information content (AvgIpc) is 2.36. The minimum atomic E-state index is -1.20. The molecule has 0 spiro atoms. The lowest BCUT2D eigenvalue weighted by atomic mass is 9.87. The predicted molar refractivity (Wildman–Crippen MR) is 42.1 cm³/mol. The van der Waals surface area contributed by atoms with Gasteiger partial charge in [0.25, 0.3) is 0 Å². The first-order valence-corrected chi connectivity index (χ1v) is 3.98. The van der Waals surface area contributed by atoms with Crippen LogP contribution in [-0.2, 0) is 4.79 Å². The number of Topliss-reactive ketones (excluding diaryl/α,β-unsaturated/α-hetero) is 1. The van der Waals surface area contributed by atoms with E-state index in [4.69, 9.17) is 0 Å².